The van der Waals surface area contributed by atoms with Crippen molar-refractivity contribution in [3.05, 3.63) is 34.3 Å². The molecule has 0 aromatic heterocycles. The van der Waals surface area contributed by atoms with Crippen LogP contribution in [-0.4, -0.2) is 24.7 Å². The highest BCUT2D eigenvalue weighted by atomic mass is 79.9. The molecule has 82 valence electrons. The van der Waals surface area contributed by atoms with E-state index in [1.165, 1.54) is 14.2 Å². The van der Waals surface area contributed by atoms with Crippen molar-refractivity contribution in [2.24, 2.45) is 0 Å². The Balaban J connectivity index is 2.98. The van der Waals surface area contributed by atoms with Crippen LogP contribution < -0.4 is 0 Å². The molecule has 5 heteroatoms. The zero-order valence-corrected chi connectivity index (χ0v) is 11.5. The molecule has 0 bridgehead atoms. The summed E-state index contributed by atoms with van der Waals surface area (Å²) in [7, 11) is 2.80. The zero-order chi connectivity index (χ0) is 11.5. The second-order valence-corrected chi connectivity index (χ2v) is 4.74. The Kier molecular flexibility index (Phi) is 4.45. The fourth-order valence-corrected chi connectivity index (χ4v) is 1.54. The molecule has 0 amide bonds. The quantitative estimate of drug-likeness (QED) is 0.481. The first-order valence-electron chi connectivity index (χ1n) is 4.13. The van der Waals surface area contributed by atoms with Crippen LogP contribution in [0, 0.1) is 0 Å². The molecule has 3 nitrogen and oxygen atoms in total. The number of carbonyl (C=O) groups excluding carboxylic acids is 1. The highest BCUT2D eigenvalue weighted by molar-refractivity contribution is 9.10. The van der Waals surface area contributed by atoms with E-state index >= 15 is 0 Å². The van der Waals surface area contributed by atoms with Crippen molar-refractivity contribution in [3.63, 3.8) is 0 Å². The molecule has 0 saturated heterocycles. The van der Waals surface area contributed by atoms with Gasteiger partial charge in [0.05, 0.1) is 0 Å². The van der Waals surface area contributed by atoms with Crippen LogP contribution in [0.15, 0.2) is 28.7 Å². The summed E-state index contributed by atoms with van der Waals surface area (Å²) in [5, 5.41) is 0. The number of hydrogen-bond acceptors (Lipinski definition) is 3. The van der Waals surface area contributed by atoms with Gasteiger partial charge in [0, 0.05) is 24.3 Å². The summed E-state index contributed by atoms with van der Waals surface area (Å²) in [5.74, 6) is -0.278. The first-order valence-corrected chi connectivity index (χ1v) is 5.71. The molecule has 0 saturated carbocycles. The van der Waals surface area contributed by atoms with Crippen molar-refractivity contribution in [3.8, 4) is 0 Å². The van der Waals surface area contributed by atoms with Crippen molar-refractivity contribution in [1.29, 1.82) is 0 Å². The van der Waals surface area contributed by atoms with Crippen LogP contribution in [0.2, 0.25) is 0 Å². The van der Waals surface area contributed by atoms with Gasteiger partial charge in [0.1, 0.15) is 0 Å². The Bertz CT molecular complexity index is 344. The Morgan fingerprint density at radius 3 is 2.07 bits per heavy atom. The molecule has 0 heterocycles. The molecule has 0 radical (unpaired) electrons. The summed E-state index contributed by atoms with van der Waals surface area (Å²) in [6, 6.07) is 6.96. The zero-order valence-electron chi connectivity index (χ0n) is 8.29. The van der Waals surface area contributed by atoms with E-state index in [1.807, 2.05) is 0 Å². The maximum Gasteiger partial charge on any atom is 0.292 e. The van der Waals surface area contributed by atoms with E-state index < -0.39 is 4.70 Å². The Morgan fingerprint density at radius 2 is 1.67 bits per heavy atom. The van der Waals surface area contributed by atoms with Gasteiger partial charge < -0.3 is 9.47 Å². The number of halogens is 2. The maximum absolute atomic E-state index is 11.9. The lowest BCUT2D eigenvalue weighted by molar-refractivity contribution is -0.0962. The van der Waals surface area contributed by atoms with Crippen molar-refractivity contribution < 1.29 is 14.3 Å². The van der Waals surface area contributed by atoms with Crippen LogP contribution in [-0.2, 0) is 9.47 Å². The summed E-state index contributed by atoms with van der Waals surface area (Å²) in [6.45, 7) is 0. The average molecular weight is 338 g/mol. The number of ether oxygens (including phenoxy) is 2. The number of rotatable bonds is 4. The first kappa shape index (κ1) is 12.8. The van der Waals surface area contributed by atoms with Crippen LogP contribution in [0.1, 0.15) is 10.4 Å². The number of hydrogen-bond donors (Lipinski definition) is 0. The van der Waals surface area contributed by atoms with Gasteiger partial charge in [-0.2, -0.15) is 0 Å². The second-order valence-electron chi connectivity index (χ2n) is 2.78. The molecule has 0 N–H and O–H groups in total. The van der Waals surface area contributed by atoms with Gasteiger partial charge in [0.2, 0.25) is 5.78 Å². The van der Waals surface area contributed by atoms with E-state index in [9.17, 15) is 4.79 Å². The summed E-state index contributed by atoms with van der Waals surface area (Å²) in [4.78, 5) is 11.9. The minimum Gasteiger partial charge on any atom is -0.338 e. The van der Waals surface area contributed by atoms with Crippen LogP contribution in [0.3, 0.4) is 0 Å². The molecule has 0 aliphatic heterocycles. The Labute approximate surface area is 105 Å². The lowest BCUT2D eigenvalue weighted by Gasteiger charge is -2.22. The molecule has 15 heavy (non-hydrogen) atoms. The SMILES string of the molecule is COC(Br)(OC)C(=O)c1ccc(Br)cc1. The molecule has 1 aromatic rings. The smallest absolute Gasteiger partial charge is 0.292 e. The van der Waals surface area contributed by atoms with Crippen LogP contribution in [0.25, 0.3) is 0 Å². The van der Waals surface area contributed by atoms with E-state index in [4.69, 9.17) is 9.47 Å². The van der Waals surface area contributed by atoms with Gasteiger partial charge in [-0.3, -0.25) is 4.79 Å². The third-order valence-electron chi connectivity index (χ3n) is 1.90. The average Bonchev–Trinajstić information content (AvgIpc) is 2.28. The van der Waals surface area contributed by atoms with Gasteiger partial charge in [-0.15, -0.1) is 0 Å². The summed E-state index contributed by atoms with van der Waals surface area (Å²) in [6.07, 6.45) is 0. The van der Waals surface area contributed by atoms with Crippen LogP contribution in [0.4, 0.5) is 0 Å². The molecule has 0 aliphatic rings. The molecule has 0 aliphatic carbocycles. The lowest BCUT2D eigenvalue weighted by atomic mass is 10.1. The predicted octanol–water partition coefficient (Wildman–Crippen LogP) is 2.97. The van der Waals surface area contributed by atoms with E-state index in [0.29, 0.717) is 5.56 Å². The van der Waals surface area contributed by atoms with E-state index in [1.54, 1.807) is 24.3 Å². The maximum atomic E-state index is 11.9. The highest BCUT2D eigenvalue weighted by Crippen LogP contribution is 2.25. The number of Topliss-reactive ketones (excluding diaryl/α,β-unsaturated/α-hetero) is 1. The van der Waals surface area contributed by atoms with Crippen molar-refractivity contribution in [2.75, 3.05) is 14.2 Å². The molecule has 0 unspecified atom stereocenters. The van der Waals surface area contributed by atoms with Crippen LogP contribution >= 0.6 is 31.9 Å². The molecule has 0 atom stereocenters. The van der Waals surface area contributed by atoms with Gasteiger partial charge in [-0.05, 0) is 28.1 Å². The number of ketones is 1. The third-order valence-corrected chi connectivity index (χ3v) is 3.44. The van der Waals surface area contributed by atoms with Gasteiger partial charge >= 0.3 is 0 Å². The van der Waals surface area contributed by atoms with Gasteiger partial charge in [-0.25, -0.2) is 0 Å². The van der Waals surface area contributed by atoms with Crippen LogP contribution in [0.5, 0.6) is 0 Å². The summed E-state index contributed by atoms with van der Waals surface area (Å²) >= 11 is 6.39. The standard InChI is InChI=1S/C10H10Br2O3/c1-14-10(12,15-2)9(13)7-3-5-8(11)6-4-7/h3-6H,1-2H3. The number of benzene rings is 1. The molecule has 0 spiro atoms. The Morgan fingerprint density at radius 1 is 1.20 bits per heavy atom. The summed E-state index contributed by atoms with van der Waals surface area (Å²) < 4.78 is 9.44. The van der Waals surface area contributed by atoms with E-state index in [0.717, 1.165) is 4.47 Å². The number of carbonyl (C=O) groups is 1. The van der Waals surface area contributed by atoms with E-state index in [-0.39, 0.29) is 5.78 Å². The Hall–Kier alpha value is -0.230. The summed E-state index contributed by atoms with van der Waals surface area (Å²) in [5.41, 5.74) is 0.513. The van der Waals surface area contributed by atoms with Gasteiger partial charge in [0.15, 0.2) is 0 Å². The monoisotopic (exact) mass is 336 g/mol. The van der Waals surface area contributed by atoms with Gasteiger partial charge in [-0.1, -0.05) is 28.1 Å². The van der Waals surface area contributed by atoms with Crippen molar-refractivity contribution in [2.45, 2.75) is 4.70 Å². The minimum atomic E-state index is -1.40. The third kappa shape index (κ3) is 2.87. The van der Waals surface area contributed by atoms with E-state index in [2.05, 4.69) is 31.9 Å². The van der Waals surface area contributed by atoms with Gasteiger partial charge in [0.25, 0.3) is 4.70 Å². The fourth-order valence-electron chi connectivity index (χ4n) is 1.04. The number of methoxy groups -OCH3 is 2. The molecule has 0 fully saturated rings. The minimum absolute atomic E-state index is 0.278. The molecule has 1 aromatic carbocycles. The second kappa shape index (κ2) is 5.21. The largest absolute Gasteiger partial charge is 0.338 e. The molecule has 1 rings (SSSR count). The molecular weight excluding hydrogens is 328 g/mol. The highest BCUT2D eigenvalue weighted by Gasteiger charge is 2.36. The first-order chi connectivity index (χ1) is 7.03. The lowest BCUT2D eigenvalue weighted by Crippen LogP contribution is -2.36. The topological polar surface area (TPSA) is 35.5 Å². The normalized spacial score (nSPS) is 11.5. The van der Waals surface area contributed by atoms with Crippen molar-refractivity contribution >= 4 is 37.6 Å². The van der Waals surface area contributed by atoms with Crippen molar-refractivity contribution in [1.82, 2.24) is 0 Å². The predicted molar refractivity (Wildman–Crippen MR) is 64.1 cm³/mol. The fraction of sp³-hybridized carbons (Fsp3) is 0.300. The number of alkyl halides is 1. The molecular formula is C10H10Br2O3.